The molecule has 0 bridgehead atoms. The van der Waals surface area contributed by atoms with Gasteiger partial charge in [0.25, 0.3) is 0 Å². The fraction of sp³-hybridized carbons (Fsp3) is 0.625. The summed E-state index contributed by atoms with van der Waals surface area (Å²) in [6.45, 7) is 17.3. The first-order chi connectivity index (χ1) is 15.6. The largest absolute Gasteiger partial charge is 0.207 e. The summed E-state index contributed by atoms with van der Waals surface area (Å²) >= 11 is 0. The molecule has 1 heteroatoms. The minimum atomic E-state index is -0.116. The zero-order valence-electron chi connectivity index (χ0n) is 22.9. The van der Waals surface area contributed by atoms with E-state index in [4.69, 9.17) is 0 Å². The van der Waals surface area contributed by atoms with E-state index in [1.807, 2.05) is 13.0 Å². The second kappa shape index (κ2) is 16.1. The van der Waals surface area contributed by atoms with E-state index in [-0.39, 0.29) is 5.82 Å². The first-order valence-corrected chi connectivity index (χ1v) is 13.3. The maximum atomic E-state index is 12.6. The summed E-state index contributed by atoms with van der Waals surface area (Å²) in [4.78, 5) is 0. The average molecular weight is 455 g/mol. The maximum absolute atomic E-state index is 12.6. The van der Waals surface area contributed by atoms with Crippen LogP contribution in [-0.2, 0) is 0 Å². The molecule has 2 aliphatic rings. The van der Waals surface area contributed by atoms with Crippen molar-refractivity contribution in [1.82, 2.24) is 0 Å². The Morgan fingerprint density at radius 2 is 0.758 bits per heavy atom. The van der Waals surface area contributed by atoms with E-state index >= 15 is 0 Å². The van der Waals surface area contributed by atoms with Crippen molar-refractivity contribution in [1.29, 1.82) is 0 Å². The van der Waals surface area contributed by atoms with Crippen LogP contribution in [0.15, 0.2) is 42.5 Å². The molecule has 186 valence electrons. The molecule has 0 saturated heterocycles. The standard InChI is InChI=1S/C8H9F.2C8H16.C8H10/c1-6-3-4-7(2)8(9)5-6;3*1-7-3-5-8(2)6-4-7/h3-5H,1-2H3;2*7-8H,3-6H2,1-2H3;3-6H,1-2H3. The molecule has 2 saturated carbocycles. The van der Waals surface area contributed by atoms with Crippen LogP contribution in [-0.4, -0.2) is 0 Å². The van der Waals surface area contributed by atoms with Crippen molar-refractivity contribution in [2.75, 3.05) is 0 Å². The van der Waals surface area contributed by atoms with E-state index in [0.717, 1.165) is 29.2 Å². The summed E-state index contributed by atoms with van der Waals surface area (Å²) in [5.41, 5.74) is 4.34. The lowest BCUT2D eigenvalue weighted by Crippen LogP contribution is -2.08. The monoisotopic (exact) mass is 454 g/mol. The Hall–Kier alpha value is -1.63. The number of hydrogen-bond acceptors (Lipinski definition) is 0. The van der Waals surface area contributed by atoms with Crippen LogP contribution in [0.4, 0.5) is 4.39 Å². The first-order valence-electron chi connectivity index (χ1n) is 13.3. The van der Waals surface area contributed by atoms with Crippen LogP contribution in [0.2, 0.25) is 0 Å². The smallest absolute Gasteiger partial charge is 0.126 e. The third-order valence-corrected chi connectivity index (χ3v) is 7.15. The van der Waals surface area contributed by atoms with Gasteiger partial charge in [0.1, 0.15) is 5.82 Å². The quantitative estimate of drug-likeness (QED) is 0.371. The highest BCUT2D eigenvalue weighted by atomic mass is 19.1. The minimum Gasteiger partial charge on any atom is -0.207 e. The summed E-state index contributed by atoms with van der Waals surface area (Å²) in [6.07, 6.45) is 11.8. The molecule has 2 aromatic rings. The van der Waals surface area contributed by atoms with Crippen molar-refractivity contribution >= 4 is 0 Å². The van der Waals surface area contributed by atoms with Crippen LogP contribution in [0.3, 0.4) is 0 Å². The van der Waals surface area contributed by atoms with Gasteiger partial charge in [0.15, 0.2) is 0 Å². The molecule has 0 amide bonds. The summed E-state index contributed by atoms with van der Waals surface area (Å²) in [6, 6.07) is 13.7. The van der Waals surface area contributed by atoms with Gasteiger partial charge < -0.3 is 0 Å². The molecule has 33 heavy (non-hydrogen) atoms. The van der Waals surface area contributed by atoms with Crippen LogP contribution < -0.4 is 0 Å². The minimum absolute atomic E-state index is 0.116. The van der Waals surface area contributed by atoms with Gasteiger partial charge in [-0.25, -0.2) is 4.39 Å². The zero-order chi connectivity index (χ0) is 24.8. The van der Waals surface area contributed by atoms with Crippen LogP contribution in [0.5, 0.6) is 0 Å². The number of aryl methyl sites for hydroxylation is 4. The van der Waals surface area contributed by atoms with Gasteiger partial charge in [0.05, 0.1) is 0 Å². The highest BCUT2D eigenvalue weighted by Gasteiger charge is 2.13. The molecule has 2 aromatic carbocycles. The maximum Gasteiger partial charge on any atom is 0.126 e. The Labute approximate surface area is 205 Å². The van der Waals surface area contributed by atoms with Crippen LogP contribution in [0.1, 0.15) is 101 Å². The van der Waals surface area contributed by atoms with Gasteiger partial charge in [-0.3, -0.25) is 0 Å². The molecule has 0 nitrogen and oxygen atoms in total. The third kappa shape index (κ3) is 14.3. The molecule has 0 atom stereocenters. The van der Waals surface area contributed by atoms with Crippen LogP contribution >= 0.6 is 0 Å². The Bertz CT molecular complexity index is 684. The lowest BCUT2D eigenvalue weighted by molar-refractivity contribution is 0.308. The van der Waals surface area contributed by atoms with Gasteiger partial charge in [-0.2, -0.15) is 0 Å². The van der Waals surface area contributed by atoms with Crippen molar-refractivity contribution in [2.24, 2.45) is 23.7 Å². The molecule has 0 aliphatic heterocycles. The summed E-state index contributed by atoms with van der Waals surface area (Å²) in [5.74, 6) is 3.96. The van der Waals surface area contributed by atoms with Gasteiger partial charge >= 0.3 is 0 Å². The normalized spacial score (nSPS) is 24.2. The fourth-order valence-corrected chi connectivity index (χ4v) is 4.19. The van der Waals surface area contributed by atoms with E-state index in [0.29, 0.717) is 5.56 Å². The molecular weight excluding hydrogens is 403 g/mol. The van der Waals surface area contributed by atoms with E-state index in [1.165, 1.54) is 68.6 Å². The summed E-state index contributed by atoms with van der Waals surface area (Å²) in [5, 5.41) is 0. The lowest BCUT2D eigenvalue weighted by Gasteiger charge is -2.22. The van der Waals surface area contributed by atoms with Crippen LogP contribution in [0, 0.1) is 57.2 Å². The molecule has 0 unspecified atom stereocenters. The predicted molar refractivity (Wildman–Crippen MR) is 145 cm³/mol. The fourth-order valence-electron chi connectivity index (χ4n) is 4.19. The zero-order valence-corrected chi connectivity index (χ0v) is 22.9. The van der Waals surface area contributed by atoms with Crippen molar-refractivity contribution in [3.63, 3.8) is 0 Å². The molecule has 0 N–H and O–H groups in total. The third-order valence-electron chi connectivity index (χ3n) is 7.15. The van der Waals surface area contributed by atoms with Crippen LogP contribution in [0.25, 0.3) is 0 Å². The number of halogens is 1. The van der Waals surface area contributed by atoms with Gasteiger partial charge in [0.2, 0.25) is 0 Å². The number of rotatable bonds is 0. The van der Waals surface area contributed by atoms with Gasteiger partial charge in [0, 0.05) is 0 Å². The Morgan fingerprint density at radius 1 is 0.485 bits per heavy atom. The van der Waals surface area contributed by atoms with E-state index < -0.39 is 0 Å². The second-order valence-electron chi connectivity index (χ2n) is 11.1. The average Bonchev–Trinajstić information content (AvgIpc) is 2.79. The predicted octanol–water partition coefficient (Wildman–Crippen LogP) is 10.4. The van der Waals surface area contributed by atoms with E-state index in [2.05, 4.69) is 65.8 Å². The van der Waals surface area contributed by atoms with Gasteiger partial charge in [-0.1, -0.05) is 127 Å². The molecule has 0 radical (unpaired) electrons. The van der Waals surface area contributed by atoms with E-state index in [9.17, 15) is 4.39 Å². The highest BCUT2D eigenvalue weighted by molar-refractivity contribution is 5.21. The molecule has 0 aromatic heterocycles. The van der Waals surface area contributed by atoms with E-state index in [1.54, 1.807) is 13.0 Å². The first kappa shape index (κ1) is 29.4. The van der Waals surface area contributed by atoms with Gasteiger partial charge in [-0.15, -0.1) is 0 Å². The SMILES string of the molecule is CC1CCC(C)CC1.CC1CCC(C)CC1.Cc1ccc(C)c(F)c1.Cc1ccc(C)cc1. The highest BCUT2D eigenvalue weighted by Crippen LogP contribution is 2.27. The molecular formula is C32H51F. The van der Waals surface area contributed by atoms with Crippen molar-refractivity contribution < 1.29 is 4.39 Å². The Balaban J connectivity index is 0.000000220. The molecule has 4 rings (SSSR count). The van der Waals surface area contributed by atoms with Crippen molar-refractivity contribution in [2.45, 2.75) is 107 Å². The van der Waals surface area contributed by atoms with Gasteiger partial charge in [-0.05, 0) is 68.6 Å². The summed E-state index contributed by atoms with van der Waals surface area (Å²) < 4.78 is 12.6. The lowest BCUT2D eigenvalue weighted by atomic mass is 9.84. The second-order valence-corrected chi connectivity index (χ2v) is 11.1. The molecule has 0 heterocycles. The Kier molecular flexibility index (Phi) is 14.3. The topological polar surface area (TPSA) is 0 Å². The molecule has 2 aliphatic carbocycles. The number of benzene rings is 2. The van der Waals surface area contributed by atoms with Crippen molar-refractivity contribution in [3.8, 4) is 0 Å². The summed E-state index contributed by atoms with van der Waals surface area (Å²) in [7, 11) is 0. The number of hydrogen-bond donors (Lipinski definition) is 0. The van der Waals surface area contributed by atoms with Crippen molar-refractivity contribution in [3.05, 3.63) is 70.5 Å². The molecule has 0 spiro atoms. The molecule has 2 fully saturated rings. The Morgan fingerprint density at radius 3 is 1.00 bits per heavy atom.